The first-order valence-electron chi connectivity index (χ1n) is 6.73. The Bertz CT molecular complexity index is 536. The fourth-order valence-corrected chi connectivity index (χ4v) is 2.67. The Morgan fingerprint density at radius 1 is 1.45 bits per heavy atom. The Balaban J connectivity index is 2.23. The van der Waals surface area contributed by atoms with Gasteiger partial charge in [0.15, 0.2) is 0 Å². The second-order valence-electron chi connectivity index (χ2n) is 5.00. The van der Waals surface area contributed by atoms with Crippen molar-refractivity contribution in [2.75, 3.05) is 12.4 Å². The molecule has 0 spiro atoms. The summed E-state index contributed by atoms with van der Waals surface area (Å²) in [6.45, 7) is 0. The summed E-state index contributed by atoms with van der Waals surface area (Å²) in [5.41, 5.74) is 1.14. The summed E-state index contributed by atoms with van der Waals surface area (Å²) in [4.78, 5) is 11.3. The van der Waals surface area contributed by atoms with E-state index in [2.05, 4.69) is 11.4 Å². The lowest BCUT2D eigenvalue weighted by Crippen LogP contribution is -2.37. The quantitative estimate of drug-likeness (QED) is 0.882. The third-order valence-corrected chi connectivity index (χ3v) is 3.77. The number of aliphatic carboxylic acids is 1. The second kappa shape index (κ2) is 6.29. The Hall–Kier alpha value is -2.22. The van der Waals surface area contributed by atoms with Crippen molar-refractivity contribution in [2.45, 2.75) is 31.7 Å². The van der Waals surface area contributed by atoms with Crippen molar-refractivity contribution in [3.05, 3.63) is 23.8 Å². The van der Waals surface area contributed by atoms with Crippen LogP contribution in [0.1, 0.15) is 31.2 Å². The van der Waals surface area contributed by atoms with Crippen LogP contribution in [0.4, 0.5) is 5.69 Å². The van der Waals surface area contributed by atoms with Gasteiger partial charge in [0.25, 0.3) is 0 Å². The van der Waals surface area contributed by atoms with Crippen LogP contribution in [0.2, 0.25) is 0 Å². The van der Waals surface area contributed by atoms with E-state index in [1.807, 2.05) is 0 Å². The highest BCUT2D eigenvalue weighted by atomic mass is 16.5. The summed E-state index contributed by atoms with van der Waals surface area (Å²) in [6.07, 6.45) is 3.43. The van der Waals surface area contributed by atoms with Crippen molar-refractivity contribution in [1.82, 2.24) is 0 Å². The molecule has 5 heteroatoms. The van der Waals surface area contributed by atoms with Gasteiger partial charge in [-0.05, 0) is 25.0 Å². The van der Waals surface area contributed by atoms with E-state index in [-0.39, 0.29) is 6.04 Å². The summed E-state index contributed by atoms with van der Waals surface area (Å²) in [5, 5.41) is 21.6. The van der Waals surface area contributed by atoms with Crippen LogP contribution in [0.15, 0.2) is 18.2 Å². The Morgan fingerprint density at radius 2 is 2.20 bits per heavy atom. The number of nitriles is 1. The molecule has 0 aromatic heterocycles. The van der Waals surface area contributed by atoms with Gasteiger partial charge in [0, 0.05) is 12.1 Å². The minimum Gasteiger partial charge on any atom is -0.497 e. The molecule has 1 aromatic carbocycles. The molecule has 20 heavy (non-hydrogen) atoms. The fourth-order valence-electron chi connectivity index (χ4n) is 2.67. The van der Waals surface area contributed by atoms with E-state index in [4.69, 9.17) is 10.00 Å². The monoisotopic (exact) mass is 274 g/mol. The van der Waals surface area contributed by atoms with E-state index >= 15 is 0 Å². The average Bonchev–Trinajstić information content (AvgIpc) is 2.47. The molecule has 0 amide bonds. The normalized spacial score (nSPS) is 21.8. The number of ether oxygens (including phenoxy) is 1. The summed E-state index contributed by atoms with van der Waals surface area (Å²) >= 11 is 0. The third kappa shape index (κ3) is 3.02. The number of hydrogen-bond acceptors (Lipinski definition) is 4. The minimum atomic E-state index is -0.774. The van der Waals surface area contributed by atoms with Crippen LogP contribution in [0.25, 0.3) is 0 Å². The molecule has 0 saturated heterocycles. The van der Waals surface area contributed by atoms with E-state index in [1.165, 1.54) is 0 Å². The van der Waals surface area contributed by atoms with E-state index < -0.39 is 11.9 Å². The maximum Gasteiger partial charge on any atom is 0.308 e. The number of carbonyl (C=O) groups is 1. The molecule has 0 radical (unpaired) electrons. The van der Waals surface area contributed by atoms with Crippen molar-refractivity contribution < 1.29 is 14.6 Å². The lowest BCUT2D eigenvalue weighted by Gasteiger charge is -2.30. The second-order valence-corrected chi connectivity index (χ2v) is 5.00. The van der Waals surface area contributed by atoms with E-state index in [1.54, 1.807) is 25.3 Å². The number of hydrogen-bond donors (Lipinski definition) is 2. The molecule has 106 valence electrons. The fraction of sp³-hybridized carbons (Fsp3) is 0.467. The molecule has 0 aliphatic heterocycles. The van der Waals surface area contributed by atoms with Crippen molar-refractivity contribution in [3.63, 3.8) is 0 Å². The van der Waals surface area contributed by atoms with Crippen molar-refractivity contribution >= 4 is 11.7 Å². The van der Waals surface area contributed by atoms with Crippen molar-refractivity contribution in [1.29, 1.82) is 5.26 Å². The number of carboxylic acids is 1. The number of carboxylic acid groups (broad SMARTS) is 1. The molecule has 0 bridgehead atoms. The number of methoxy groups -OCH3 is 1. The third-order valence-electron chi connectivity index (χ3n) is 3.77. The summed E-state index contributed by atoms with van der Waals surface area (Å²) < 4.78 is 5.15. The smallest absolute Gasteiger partial charge is 0.308 e. The molecule has 1 saturated carbocycles. The molecule has 1 aromatic rings. The van der Waals surface area contributed by atoms with Crippen LogP contribution >= 0.6 is 0 Å². The maximum atomic E-state index is 11.3. The lowest BCUT2D eigenvalue weighted by atomic mass is 9.84. The zero-order chi connectivity index (χ0) is 14.5. The minimum absolute atomic E-state index is 0.138. The molecule has 2 unspecified atom stereocenters. The van der Waals surface area contributed by atoms with Crippen LogP contribution in [0.5, 0.6) is 5.75 Å². The number of rotatable bonds is 4. The summed E-state index contributed by atoms with van der Waals surface area (Å²) in [5.74, 6) is -0.528. The van der Waals surface area contributed by atoms with Crippen molar-refractivity contribution in [3.8, 4) is 11.8 Å². The van der Waals surface area contributed by atoms with Crippen LogP contribution < -0.4 is 10.1 Å². The number of benzene rings is 1. The first-order chi connectivity index (χ1) is 9.65. The highest BCUT2D eigenvalue weighted by molar-refractivity contribution is 5.72. The van der Waals surface area contributed by atoms with Gasteiger partial charge in [-0.25, -0.2) is 0 Å². The summed E-state index contributed by atoms with van der Waals surface area (Å²) in [6, 6.07) is 7.12. The van der Waals surface area contributed by atoms with Crippen LogP contribution in [-0.4, -0.2) is 24.2 Å². The first-order valence-corrected chi connectivity index (χ1v) is 6.73. The summed E-state index contributed by atoms with van der Waals surface area (Å²) in [7, 11) is 1.56. The Morgan fingerprint density at radius 3 is 2.85 bits per heavy atom. The topological polar surface area (TPSA) is 82.3 Å². The van der Waals surface area contributed by atoms with Gasteiger partial charge in [-0.1, -0.05) is 12.8 Å². The highest BCUT2D eigenvalue weighted by Crippen LogP contribution is 2.30. The largest absolute Gasteiger partial charge is 0.497 e. The molecular weight excluding hydrogens is 256 g/mol. The predicted molar refractivity (Wildman–Crippen MR) is 74.7 cm³/mol. The lowest BCUT2D eigenvalue weighted by molar-refractivity contribution is -0.143. The van der Waals surface area contributed by atoms with Crippen LogP contribution in [0.3, 0.4) is 0 Å². The molecule has 1 aliphatic rings. The Kier molecular flexibility index (Phi) is 4.46. The van der Waals surface area contributed by atoms with Gasteiger partial charge in [0.2, 0.25) is 0 Å². The SMILES string of the molecule is COc1ccc(C#N)c(NC2CCCCC2C(=O)O)c1. The molecule has 1 aliphatic carbocycles. The predicted octanol–water partition coefficient (Wildman–Crippen LogP) is 2.62. The van der Waals surface area contributed by atoms with Gasteiger partial charge in [0.05, 0.1) is 24.3 Å². The van der Waals surface area contributed by atoms with E-state index in [0.717, 1.165) is 19.3 Å². The zero-order valence-electron chi connectivity index (χ0n) is 11.4. The number of anilines is 1. The average molecular weight is 274 g/mol. The molecule has 2 N–H and O–H groups in total. The van der Waals surface area contributed by atoms with Gasteiger partial charge in [0.1, 0.15) is 11.8 Å². The molecule has 2 rings (SSSR count). The van der Waals surface area contributed by atoms with Gasteiger partial charge in [-0.15, -0.1) is 0 Å². The van der Waals surface area contributed by atoms with Gasteiger partial charge < -0.3 is 15.2 Å². The molecule has 0 heterocycles. The molecular formula is C15H18N2O3. The first kappa shape index (κ1) is 14.2. The van der Waals surface area contributed by atoms with Crippen LogP contribution in [-0.2, 0) is 4.79 Å². The standard InChI is InChI=1S/C15H18N2O3/c1-20-11-7-6-10(9-16)14(8-11)17-13-5-3-2-4-12(13)15(18)19/h6-8,12-13,17H,2-5H2,1H3,(H,18,19). The number of nitrogens with one attached hydrogen (secondary N) is 1. The van der Waals surface area contributed by atoms with Gasteiger partial charge in [-0.2, -0.15) is 5.26 Å². The van der Waals surface area contributed by atoms with Gasteiger partial charge >= 0.3 is 5.97 Å². The Labute approximate surface area is 118 Å². The zero-order valence-corrected chi connectivity index (χ0v) is 11.4. The van der Waals surface area contributed by atoms with Gasteiger partial charge in [-0.3, -0.25) is 4.79 Å². The molecule has 2 atom stereocenters. The van der Waals surface area contributed by atoms with E-state index in [9.17, 15) is 9.90 Å². The van der Waals surface area contributed by atoms with E-state index in [0.29, 0.717) is 23.4 Å². The molecule has 1 fully saturated rings. The van der Waals surface area contributed by atoms with Crippen LogP contribution in [0, 0.1) is 17.2 Å². The van der Waals surface area contributed by atoms with Crippen molar-refractivity contribution in [2.24, 2.45) is 5.92 Å². The maximum absolute atomic E-state index is 11.3. The highest BCUT2D eigenvalue weighted by Gasteiger charge is 2.31. The molecule has 5 nitrogen and oxygen atoms in total. The number of nitrogens with zero attached hydrogens (tertiary/aromatic N) is 1.